The molecule has 0 aliphatic rings. The van der Waals surface area contributed by atoms with Gasteiger partial charge in [-0.1, -0.05) is 6.07 Å². The van der Waals surface area contributed by atoms with E-state index in [1.54, 1.807) is 0 Å². The number of fused-ring (bicyclic) bond motifs is 1. The van der Waals surface area contributed by atoms with Gasteiger partial charge in [0.25, 0.3) is 0 Å². The van der Waals surface area contributed by atoms with Gasteiger partial charge in [0.2, 0.25) is 0 Å². The van der Waals surface area contributed by atoms with Crippen LogP contribution in [0.1, 0.15) is 18.5 Å². The Balaban J connectivity index is 2.08. The fraction of sp³-hybridized carbons (Fsp3) is 0.417. The summed E-state index contributed by atoms with van der Waals surface area (Å²) in [4.78, 5) is 16.5. The molecule has 0 bridgehead atoms. The van der Waals surface area contributed by atoms with E-state index in [-0.39, 0.29) is 17.5 Å². The third kappa shape index (κ3) is 3.68. The largest absolute Gasteiger partial charge is 0.323 e. The first kappa shape index (κ1) is 13.8. The molecule has 0 fully saturated rings. The summed E-state index contributed by atoms with van der Waals surface area (Å²) in [5.74, 6) is 0.112. The third-order valence-electron chi connectivity index (χ3n) is 2.96. The number of H-pyrrole nitrogens is 2. The smallest absolute Gasteiger partial charge is 0.309 e. The quantitative estimate of drug-likeness (QED) is 0.747. The first-order valence-electron chi connectivity index (χ1n) is 5.98. The molecule has 1 atom stereocenters. The van der Waals surface area contributed by atoms with Crippen LogP contribution in [0.15, 0.2) is 23.0 Å². The Morgan fingerprint density at radius 3 is 2.63 bits per heavy atom. The number of hydrogen-bond acceptors (Lipinski definition) is 4. The molecule has 0 spiro atoms. The summed E-state index contributed by atoms with van der Waals surface area (Å²) < 4.78 is 22.1. The van der Waals surface area contributed by atoms with Crippen LogP contribution in [0.4, 0.5) is 0 Å². The van der Waals surface area contributed by atoms with E-state index in [0.717, 1.165) is 16.6 Å². The maximum Gasteiger partial charge on any atom is 0.323 e. The maximum atomic E-state index is 11.2. The van der Waals surface area contributed by atoms with Gasteiger partial charge in [-0.3, -0.25) is 0 Å². The highest BCUT2D eigenvalue weighted by Crippen LogP contribution is 2.16. The molecule has 6 nitrogen and oxygen atoms in total. The molecule has 1 aromatic carbocycles. The topological polar surface area (TPSA) is 94.8 Å². The highest BCUT2D eigenvalue weighted by atomic mass is 32.2. The van der Waals surface area contributed by atoms with Crippen LogP contribution < -0.4 is 11.0 Å². The molecule has 0 saturated carbocycles. The second-order valence-electron chi connectivity index (χ2n) is 4.69. The monoisotopic (exact) mass is 283 g/mol. The standard InChI is InChI=1S/C12H17N3O3S/c1-8(13-5-6-19(2,17)18)9-3-4-10-11(7-9)15-12(16)14-10/h3-4,7-8,13H,5-6H2,1-2H3,(H2,14,15,16). The van der Waals surface area contributed by atoms with E-state index in [9.17, 15) is 13.2 Å². The Morgan fingerprint density at radius 1 is 1.26 bits per heavy atom. The number of benzene rings is 1. The predicted molar refractivity (Wildman–Crippen MR) is 75.0 cm³/mol. The minimum atomic E-state index is -2.95. The minimum Gasteiger partial charge on any atom is -0.309 e. The zero-order valence-corrected chi connectivity index (χ0v) is 11.7. The second kappa shape index (κ2) is 5.18. The molecule has 1 unspecified atom stereocenters. The Bertz CT molecular complexity index is 730. The van der Waals surface area contributed by atoms with Crippen molar-refractivity contribution in [2.24, 2.45) is 0 Å². The highest BCUT2D eigenvalue weighted by molar-refractivity contribution is 7.90. The van der Waals surface area contributed by atoms with E-state index in [1.165, 1.54) is 6.26 Å². The molecule has 2 rings (SSSR count). The van der Waals surface area contributed by atoms with Crippen molar-refractivity contribution in [1.29, 1.82) is 0 Å². The number of imidazole rings is 1. The van der Waals surface area contributed by atoms with Gasteiger partial charge in [-0.15, -0.1) is 0 Å². The lowest BCUT2D eigenvalue weighted by Crippen LogP contribution is -2.25. The van der Waals surface area contributed by atoms with Gasteiger partial charge in [0, 0.05) is 18.8 Å². The molecular weight excluding hydrogens is 266 g/mol. The van der Waals surface area contributed by atoms with Crippen molar-refractivity contribution in [1.82, 2.24) is 15.3 Å². The van der Waals surface area contributed by atoms with Crippen LogP contribution in [-0.4, -0.2) is 36.9 Å². The maximum absolute atomic E-state index is 11.2. The lowest BCUT2D eigenvalue weighted by Gasteiger charge is -2.13. The number of rotatable bonds is 5. The van der Waals surface area contributed by atoms with Crippen LogP contribution in [0, 0.1) is 0 Å². The zero-order valence-electron chi connectivity index (χ0n) is 10.9. The molecule has 7 heteroatoms. The lowest BCUT2D eigenvalue weighted by atomic mass is 10.1. The van der Waals surface area contributed by atoms with Gasteiger partial charge in [-0.25, -0.2) is 13.2 Å². The van der Waals surface area contributed by atoms with Crippen molar-refractivity contribution < 1.29 is 8.42 Å². The van der Waals surface area contributed by atoms with E-state index in [0.29, 0.717) is 6.54 Å². The Labute approximate surface area is 111 Å². The molecule has 0 saturated heterocycles. The van der Waals surface area contributed by atoms with Crippen molar-refractivity contribution in [3.05, 3.63) is 34.2 Å². The summed E-state index contributed by atoms with van der Waals surface area (Å²) >= 11 is 0. The molecular formula is C12H17N3O3S. The summed E-state index contributed by atoms with van der Waals surface area (Å²) in [6.07, 6.45) is 1.22. The van der Waals surface area contributed by atoms with Gasteiger partial charge in [0.15, 0.2) is 0 Å². The number of hydrogen-bond donors (Lipinski definition) is 3. The zero-order chi connectivity index (χ0) is 14.0. The fourth-order valence-electron chi connectivity index (χ4n) is 1.90. The normalized spacial score (nSPS) is 13.8. The molecule has 3 N–H and O–H groups in total. The van der Waals surface area contributed by atoms with E-state index in [1.807, 2.05) is 25.1 Å². The average molecular weight is 283 g/mol. The van der Waals surface area contributed by atoms with Crippen LogP contribution >= 0.6 is 0 Å². The minimum absolute atomic E-state index is 0.0181. The first-order valence-corrected chi connectivity index (χ1v) is 8.04. The van der Waals surface area contributed by atoms with Crippen molar-refractivity contribution in [2.75, 3.05) is 18.6 Å². The molecule has 104 valence electrons. The average Bonchev–Trinajstić information content (AvgIpc) is 2.65. The molecule has 1 aromatic heterocycles. The fourth-order valence-corrected chi connectivity index (χ4v) is 2.39. The SMILES string of the molecule is CC(NCCS(C)(=O)=O)c1ccc2[nH]c(=O)[nH]c2c1. The summed E-state index contributed by atoms with van der Waals surface area (Å²) in [5.41, 5.74) is 2.28. The van der Waals surface area contributed by atoms with E-state index in [4.69, 9.17) is 0 Å². The van der Waals surface area contributed by atoms with Crippen LogP contribution in [0.5, 0.6) is 0 Å². The number of nitrogens with one attached hydrogen (secondary N) is 3. The van der Waals surface area contributed by atoms with Gasteiger partial charge in [-0.2, -0.15) is 0 Å². The van der Waals surface area contributed by atoms with Crippen LogP contribution in [-0.2, 0) is 9.84 Å². The molecule has 2 aromatic rings. The van der Waals surface area contributed by atoms with Gasteiger partial charge in [0.1, 0.15) is 9.84 Å². The van der Waals surface area contributed by atoms with Crippen molar-refractivity contribution in [3.8, 4) is 0 Å². The van der Waals surface area contributed by atoms with Gasteiger partial charge in [-0.05, 0) is 24.6 Å². The molecule has 1 heterocycles. The van der Waals surface area contributed by atoms with E-state index >= 15 is 0 Å². The second-order valence-corrected chi connectivity index (χ2v) is 6.95. The summed E-state index contributed by atoms with van der Waals surface area (Å²) in [6.45, 7) is 2.36. The first-order chi connectivity index (χ1) is 8.85. The van der Waals surface area contributed by atoms with Crippen LogP contribution in [0.2, 0.25) is 0 Å². The number of aromatic nitrogens is 2. The van der Waals surface area contributed by atoms with Gasteiger partial charge in [0.05, 0.1) is 16.8 Å². The Kier molecular flexibility index (Phi) is 3.77. The Morgan fingerprint density at radius 2 is 1.95 bits per heavy atom. The van der Waals surface area contributed by atoms with Gasteiger partial charge >= 0.3 is 5.69 Å². The van der Waals surface area contributed by atoms with Gasteiger partial charge < -0.3 is 15.3 Å². The highest BCUT2D eigenvalue weighted by Gasteiger charge is 2.08. The molecule has 0 amide bonds. The molecule has 0 aliphatic heterocycles. The summed E-state index contributed by atoms with van der Waals surface area (Å²) in [5, 5.41) is 3.15. The lowest BCUT2D eigenvalue weighted by molar-refractivity contribution is 0.576. The number of aromatic amines is 2. The van der Waals surface area contributed by atoms with E-state index < -0.39 is 9.84 Å². The van der Waals surface area contributed by atoms with Crippen LogP contribution in [0.25, 0.3) is 11.0 Å². The predicted octanol–water partition coefficient (Wildman–Crippen LogP) is 0.551. The van der Waals surface area contributed by atoms with E-state index in [2.05, 4.69) is 15.3 Å². The number of sulfone groups is 1. The third-order valence-corrected chi connectivity index (χ3v) is 3.91. The summed E-state index contributed by atoms with van der Waals surface area (Å²) in [7, 11) is -2.95. The van der Waals surface area contributed by atoms with Crippen LogP contribution in [0.3, 0.4) is 0 Å². The van der Waals surface area contributed by atoms with Crippen molar-refractivity contribution in [2.45, 2.75) is 13.0 Å². The Hall–Kier alpha value is -1.60. The molecule has 19 heavy (non-hydrogen) atoms. The van der Waals surface area contributed by atoms with Crippen molar-refractivity contribution in [3.63, 3.8) is 0 Å². The molecule has 0 radical (unpaired) electrons. The van der Waals surface area contributed by atoms with Crippen molar-refractivity contribution >= 4 is 20.9 Å². The summed E-state index contributed by atoms with van der Waals surface area (Å²) in [6, 6.07) is 5.64. The molecule has 0 aliphatic carbocycles.